The highest BCUT2D eigenvalue weighted by molar-refractivity contribution is 9.10. The van der Waals surface area contributed by atoms with E-state index >= 15 is 0 Å². The van der Waals surface area contributed by atoms with E-state index in [1.54, 1.807) is 0 Å². The maximum Gasteiger partial charge on any atom is 0.389 e. The minimum absolute atomic E-state index is 0.0615. The predicted molar refractivity (Wildman–Crippen MR) is 61.0 cm³/mol. The number of nitrogens with two attached hydrogens (primary N) is 1. The molecule has 0 aliphatic heterocycles. The molecule has 1 aromatic carbocycles. The molecule has 1 nitrogen and oxygen atoms in total. The molecule has 0 radical (unpaired) electrons. The number of halogens is 4. The number of hydrogen-bond donors (Lipinski definition) is 1. The van der Waals surface area contributed by atoms with E-state index in [1.807, 2.05) is 24.3 Å². The molecule has 90 valence electrons. The Morgan fingerprint density at radius 3 is 2.44 bits per heavy atom. The fourth-order valence-corrected chi connectivity index (χ4v) is 2.03. The molecule has 2 N–H and O–H groups in total. The van der Waals surface area contributed by atoms with Crippen LogP contribution in [-0.4, -0.2) is 6.18 Å². The van der Waals surface area contributed by atoms with Crippen molar-refractivity contribution >= 4 is 15.9 Å². The normalized spacial score (nSPS) is 13.8. The minimum Gasteiger partial charge on any atom is -0.324 e. The summed E-state index contributed by atoms with van der Waals surface area (Å²) in [7, 11) is 0. The minimum atomic E-state index is -4.09. The van der Waals surface area contributed by atoms with Gasteiger partial charge in [-0.1, -0.05) is 34.1 Å². The average molecular weight is 296 g/mol. The van der Waals surface area contributed by atoms with Gasteiger partial charge in [0.15, 0.2) is 0 Å². The second-order valence-corrected chi connectivity index (χ2v) is 4.49. The van der Waals surface area contributed by atoms with Crippen molar-refractivity contribution in [3.05, 3.63) is 34.3 Å². The maximum atomic E-state index is 11.9. The fourth-order valence-electron chi connectivity index (χ4n) is 1.45. The summed E-state index contributed by atoms with van der Waals surface area (Å²) in [6.07, 6.45) is -4.47. The third-order valence-corrected chi connectivity index (χ3v) is 3.00. The first-order valence-corrected chi connectivity index (χ1v) is 5.76. The maximum absolute atomic E-state index is 11.9. The van der Waals surface area contributed by atoms with Crippen molar-refractivity contribution < 1.29 is 13.2 Å². The lowest BCUT2D eigenvalue weighted by atomic mass is 10.0. The van der Waals surface area contributed by atoms with Crippen LogP contribution in [0.15, 0.2) is 28.7 Å². The third-order valence-electron chi connectivity index (χ3n) is 2.28. The molecule has 0 heterocycles. The van der Waals surface area contributed by atoms with Gasteiger partial charge in [-0.05, 0) is 24.5 Å². The molecular formula is C11H13BrF3N. The van der Waals surface area contributed by atoms with E-state index in [0.29, 0.717) is 6.42 Å². The molecule has 0 bridgehead atoms. The van der Waals surface area contributed by atoms with Gasteiger partial charge in [0.2, 0.25) is 0 Å². The van der Waals surface area contributed by atoms with Gasteiger partial charge in [-0.15, -0.1) is 0 Å². The topological polar surface area (TPSA) is 26.0 Å². The number of benzene rings is 1. The molecule has 16 heavy (non-hydrogen) atoms. The molecule has 0 amide bonds. The summed E-state index contributed by atoms with van der Waals surface area (Å²) in [5, 5.41) is 0. The molecule has 5 heteroatoms. The van der Waals surface area contributed by atoms with Crippen molar-refractivity contribution in [3.8, 4) is 0 Å². The van der Waals surface area contributed by atoms with Crippen LogP contribution in [0, 0.1) is 0 Å². The molecule has 1 aromatic rings. The molecule has 1 atom stereocenters. The molecule has 0 aromatic heterocycles. The Labute approximate surface area is 101 Å². The van der Waals surface area contributed by atoms with E-state index in [-0.39, 0.29) is 12.5 Å². The molecule has 0 aliphatic rings. The smallest absolute Gasteiger partial charge is 0.324 e. The summed E-state index contributed by atoms with van der Waals surface area (Å²) in [4.78, 5) is 0. The zero-order valence-electron chi connectivity index (χ0n) is 8.60. The van der Waals surface area contributed by atoms with Gasteiger partial charge < -0.3 is 5.73 Å². The Morgan fingerprint density at radius 2 is 1.88 bits per heavy atom. The highest BCUT2D eigenvalue weighted by Gasteiger charge is 2.26. The lowest BCUT2D eigenvalue weighted by molar-refractivity contribution is -0.135. The van der Waals surface area contributed by atoms with Gasteiger partial charge in [0, 0.05) is 16.9 Å². The first-order chi connectivity index (χ1) is 7.40. The van der Waals surface area contributed by atoms with E-state index < -0.39 is 12.6 Å². The molecule has 1 rings (SSSR count). The molecule has 0 fully saturated rings. The summed E-state index contributed by atoms with van der Waals surface area (Å²) >= 11 is 3.33. The van der Waals surface area contributed by atoms with E-state index in [1.165, 1.54) is 0 Å². The van der Waals surface area contributed by atoms with Crippen LogP contribution >= 0.6 is 15.9 Å². The van der Waals surface area contributed by atoms with Crippen molar-refractivity contribution in [1.82, 2.24) is 0 Å². The molecular weight excluding hydrogens is 283 g/mol. The van der Waals surface area contributed by atoms with E-state index in [0.717, 1.165) is 10.0 Å². The average Bonchev–Trinajstić information content (AvgIpc) is 2.16. The van der Waals surface area contributed by atoms with Gasteiger partial charge in [0.1, 0.15) is 0 Å². The Morgan fingerprint density at radius 1 is 1.25 bits per heavy atom. The summed E-state index contributed by atoms with van der Waals surface area (Å²) in [6.45, 7) is 0. The van der Waals surface area contributed by atoms with Crippen molar-refractivity contribution in [2.24, 2.45) is 5.73 Å². The Hall–Kier alpha value is -0.550. The second kappa shape index (κ2) is 5.68. The Balaban J connectivity index is 2.47. The van der Waals surface area contributed by atoms with Crippen LogP contribution in [0.25, 0.3) is 0 Å². The van der Waals surface area contributed by atoms with Gasteiger partial charge in [-0.2, -0.15) is 13.2 Å². The quantitative estimate of drug-likeness (QED) is 0.886. The van der Waals surface area contributed by atoms with E-state index in [9.17, 15) is 13.2 Å². The number of hydrogen-bond acceptors (Lipinski definition) is 1. The highest BCUT2D eigenvalue weighted by atomic mass is 79.9. The van der Waals surface area contributed by atoms with Crippen LogP contribution in [0.5, 0.6) is 0 Å². The molecule has 0 saturated carbocycles. The van der Waals surface area contributed by atoms with Crippen LogP contribution in [0.3, 0.4) is 0 Å². The zero-order chi connectivity index (χ0) is 12.2. The van der Waals surface area contributed by atoms with E-state index in [2.05, 4.69) is 15.9 Å². The summed E-state index contributed by atoms with van der Waals surface area (Å²) in [6, 6.07) is 6.97. The first kappa shape index (κ1) is 13.5. The lowest BCUT2D eigenvalue weighted by Gasteiger charge is -2.14. The largest absolute Gasteiger partial charge is 0.389 e. The summed E-state index contributed by atoms with van der Waals surface area (Å²) < 4.78 is 36.7. The number of rotatable bonds is 4. The van der Waals surface area contributed by atoms with Crippen molar-refractivity contribution in [2.45, 2.75) is 31.5 Å². The van der Waals surface area contributed by atoms with Crippen molar-refractivity contribution in [2.75, 3.05) is 0 Å². The Bertz CT molecular complexity index is 338. The second-order valence-electron chi connectivity index (χ2n) is 3.64. The van der Waals surface area contributed by atoms with Gasteiger partial charge in [-0.3, -0.25) is 0 Å². The molecule has 0 spiro atoms. The van der Waals surface area contributed by atoms with Gasteiger partial charge >= 0.3 is 6.18 Å². The SMILES string of the molecule is NC(CCCC(F)(F)F)c1ccccc1Br. The summed E-state index contributed by atoms with van der Waals surface area (Å²) in [5.74, 6) is 0. The van der Waals surface area contributed by atoms with Gasteiger partial charge in [0.25, 0.3) is 0 Å². The molecule has 1 unspecified atom stereocenters. The first-order valence-electron chi connectivity index (χ1n) is 4.97. The fraction of sp³-hybridized carbons (Fsp3) is 0.455. The number of alkyl halides is 3. The van der Waals surface area contributed by atoms with Crippen LogP contribution in [-0.2, 0) is 0 Å². The van der Waals surface area contributed by atoms with Crippen LogP contribution in [0.2, 0.25) is 0 Å². The predicted octanol–water partition coefficient (Wildman–Crippen LogP) is 4.18. The van der Waals surface area contributed by atoms with Crippen molar-refractivity contribution in [1.29, 1.82) is 0 Å². The lowest BCUT2D eigenvalue weighted by Crippen LogP contribution is -2.13. The Kier molecular flexibility index (Phi) is 4.80. The highest BCUT2D eigenvalue weighted by Crippen LogP contribution is 2.28. The third kappa shape index (κ3) is 4.53. The monoisotopic (exact) mass is 295 g/mol. The van der Waals surface area contributed by atoms with E-state index in [4.69, 9.17) is 5.73 Å². The van der Waals surface area contributed by atoms with Crippen LogP contribution in [0.1, 0.15) is 30.9 Å². The van der Waals surface area contributed by atoms with Crippen molar-refractivity contribution in [3.63, 3.8) is 0 Å². The summed E-state index contributed by atoms with van der Waals surface area (Å²) in [5.41, 5.74) is 6.68. The standard InChI is InChI=1S/C11H13BrF3N/c12-9-5-2-1-4-8(9)10(16)6-3-7-11(13,14)15/h1-2,4-5,10H,3,6-7,16H2. The van der Waals surface area contributed by atoms with Gasteiger partial charge in [-0.25, -0.2) is 0 Å². The molecule has 0 aliphatic carbocycles. The van der Waals surface area contributed by atoms with Gasteiger partial charge in [0.05, 0.1) is 0 Å². The molecule has 0 saturated heterocycles. The van der Waals surface area contributed by atoms with Crippen LogP contribution in [0.4, 0.5) is 13.2 Å². The zero-order valence-corrected chi connectivity index (χ0v) is 10.2. The van der Waals surface area contributed by atoms with Crippen LogP contribution < -0.4 is 5.73 Å².